The largest absolute Gasteiger partial charge is 0.304 e. The van der Waals surface area contributed by atoms with Crippen LogP contribution < -0.4 is 0 Å². The summed E-state index contributed by atoms with van der Waals surface area (Å²) in [4.78, 5) is 8.20. The first-order valence-electron chi connectivity index (χ1n) is 3.48. The topological polar surface area (TPSA) is 30.2 Å². The molecular formula is C8H7N3S. The quantitative estimate of drug-likeness (QED) is 0.653. The van der Waals surface area contributed by atoms with Crippen LogP contribution in [0.15, 0.2) is 22.4 Å². The first-order chi connectivity index (χ1) is 5.90. The van der Waals surface area contributed by atoms with E-state index in [0.29, 0.717) is 0 Å². The van der Waals surface area contributed by atoms with Gasteiger partial charge in [0.2, 0.25) is 0 Å². The highest BCUT2D eigenvalue weighted by atomic mass is 32.2. The molecule has 0 saturated heterocycles. The van der Waals surface area contributed by atoms with Crippen molar-refractivity contribution in [3.05, 3.63) is 23.2 Å². The van der Waals surface area contributed by atoms with Crippen LogP contribution in [-0.4, -0.2) is 21.7 Å². The summed E-state index contributed by atoms with van der Waals surface area (Å²) in [6.07, 6.45) is 9.33. The molecule has 3 nitrogen and oxygen atoms in total. The Morgan fingerprint density at radius 2 is 2.50 bits per heavy atom. The molecule has 0 aliphatic carbocycles. The van der Waals surface area contributed by atoms with Crippen molar-refractivity contribution in [3.63, 3.8) is 0 Å². The first kappa shape index (κ1) is 7.40. The molecular weight excluding hydrogens is 170 g/mol. The molecule has 2 rings (SSSR count). The summed E-state index contributed by atoms with van der Waals surface area (Å²) in [5, 5.41) is 0.933. The Morgan fingerprint density at radius 1 is 1.58 bits per heavy atom. The van der Waals surface area contributed by atoms with E-state index in [-0.39, 0.29) is 0 Å². The molecule has 2 heterocycles. The lowest BCUT2D eigenvalue weighted by atomic mass is 10.6. The molecule has 1 aliphatic rings. The number of rotatable bonds is 1. The van der Waals surface area contributed by atoms with E-state index >= 15 is 0 Å². The number of aliphatic imine (C=N–C) groups is 1. The Balaban J connectivity index is 2.55. The first-order valence-corrected chi connectivity index (χ1v) is 4.71. The molecule has 0 N–H and O–H groups in total. The second-order valence-corrected chi connectivity index (χ2v) is 3.08. The van der Waals surface area contributed by atoms with Crippen molar-refractivity contribution in [1.29, 1.82) is 0 Å². The fourth-order valence-electron chi connectivity index (χ4n) is 0.945. The molecule has 0 radical (unpaired) electrons. The van der Waals surface area contributed by atoms with Gasteiger partial charge >= 0.3 is 0 Å². The zero-order valence-corrected chi connectivity index (χ0v) is 7.38. The van der Waals surface area contributed by atoms with E-state index in [4.69, 9.17) is 0 Å². The Bertz CT molecular complexity index is 383. The second-order valence-electron chi connectivity index (χ2n) is 2.25. The number of thioether (sulfide) groups is 1. The zero-order chi connectivity index (χ0) is 8.39. The molecule has 0 aromatic carbocycles. The summed E-state index contributed by atoms with van der Waals surface area (Å²) in [5.41, 5.74) is 0. The van der Waals surface area contributed by atoms with Crippen molar-refractivity contribution in [3.8, 4) is 0 Å². The maximum atomic E-state index is 4.12. The normalized spacial score (nSPS) is 13.9. The van der Waals surface area contributed by atoms with Crippen LogP contribution in [0, 0.1) is 0 Å². The van der Waals surface area contributed by atoms with Crippen molar-refractivity contribution in [1.82, 2.24) is 9.55 Å². The third-order valence-corrected chi connectivity index (χ3v) is 2.14. The Labute approximate surface area is 74.5 Å². The molecule has 1 aromatic heterocycles. The fourth-order valence-corrected chi connectivity index (χ4v) is 1.31. The average Bonchev–Trinajstić information content (AvgIpc) is 2.43. The van der Waals surface area contributed by atoms with E-state index in [1.54, 1.807) is 24.0 Å². The summed E-state index contributed by atoms with van der Waals surface area (Å²) < 4.78 is 1.93. The third kappa shape index (κ3) is 1.22. The van der Waals surface area contributed by atoms with Gasteiger partial charge in [0.15, 0.2) is 0 Å². The molecule has 1 aliphatic heterocycles. The molecule has 60 valence electrons. The smallest absolute Gasteiger partial charge is 0.146 e. The second kappa shape index (κ2) is 3.01. The van der Waals surface area contributed by atoms with Gasteiger partial charge in [-0.1, -0.05) is 0 Å². The highest BCUT2D eigenvalue weighted by Crippen LogP contribution is 2.16. The lowest BCUT2D eigenvalue weighted by Gasteiger charge is -1.95. The molecule has 0 bridgehead atoms. The number of aromatic nitrogens is 2. The number of fused-ring (bicyclic) bond motifs is 1. The molecule has 0 fully saturated rings. The zero-order valence-electron chi connectivity index (χ0n) is 6.56. The molecule has 0 spiro atoms. The van der Waals surface area contributed by atoms with Crippen LogP contribution >= 0.6 is 11.8 Å². The number of hydrogen-bond acceptors (Lipinski definition) is 3. The lowest BCUT2D eigenvalue weighted by Crippen LogP contribution is -1.87. The third-order valence-electron chi connectivity index (χ3n) is 1.53. The van der Waals surface area contributed by atoms with E-state index in [0.717, 1.165) is 10.9 Å². The fraction of sp³-hybridized carbons (Fsp3) is 0.125. The Hall–Kier alpha value is -1.25. The highest BCUT2D eigenvalue weighted by molar-refractivity contribution is 8.02. The lowest BCUT2D eigenvalue weighted by molar-refractivity contribution is 1.11. The van der Waals surface area contributed by atoms with Gasteiger partial charge in [0.25, 0.3) is 0 Å². The Kier molecular flexibility index (Phi) is 1.86. The predicted molar refractivity (Wildman–Crippen MR) is 51.9 cm³/mol. The van der Waals surface area contributed by atoms with Crippen molar-refractivity contribution >= 4 is 29.9 Å². The van der Waals surface area contributed by atoms with Crippen molar-refractivity contribution < 1.29 is 0 Å². The molecule has 1 aromatic rings. The molecule has 12 heavy (non-hydrogen) atoms. The molecule has 0 unspecified atom stereocenters. The van der Waals surface area contributed by atoms with Gasteiger partial charge in [-0.25, -0.2) is 4.98 Å². The number of imidazole rings is 1. The van der Waals surface area contributed by atoms with Gasteiger partial charge in [0.1, 0.15) is 10.9 Å². The minimum Gasteiger partial charge on any atom is -0.304 e. The molecule has 0 atom stereocenters. The average molecular weight is 177 g/mol. The van der Waals surface area contributed by atoms with Crippen LogP contribution in [0.25, 0.3) is 12.3 Å². The summed E-state index contributed by atoms with van der Waals surface area (Å²) in [6, 6.07) is 0. The van der Waals surface area contributed by atoms with Gasteiger partial charge in [0.05, 0.1) is 0 Å². The Morgan fingerprint density at radius 3 is 3.33 bits per heavy atom. The van der Waals surface area contributed by atoms with Gasteiger partial charge in [-0.2, -0.15) is 4.99 Å². The van der Waals surface area contributed by atoms with Crippen molar-refractivity contribution in [2.75, 3.05) is 6.26 Å². The van der Waals surface area contributed by atoms with Crippen LogP contribution in [0.1, 0.15) is 5.82 Å². The van der Waals surface area contributed by atoms with Gasteiger partial charge < -0.3 is 4.57 Å². The van der Waals surface area contributed by atoms with Crippen LogP contribution in [0.4, 0.5) is 0 Å². The van der Waals surface area contributed by atoms with Crippen LogP contribution in [0.5, 0.6) is 0 Å². The van der Waals surface area contributed by atoms with Gasteiger partial charge in [0, 0.05) is 24.7 Å². The summed E-state index contributed by atoms with van der Waals surface area (Å²) in [7, 11) is 0. The van der Waals surface area contributed by atoms with Crippen LogP contribution in [0.3, 0.4) is 0 Å². The van der Waals surface area contributed by atoms with Crippen molar-refractivity contribution in [2.45, 2.75) is 0 Å². The number of nitrogens with zero attached hydrogens (tertiary/aromatic N) is 3. The SMILES string of the molecule is CSC1=Cn2ccnc2C=C=N1. The summed E-state index contributed by atoms with van der Waals surface area (Å²) in [6.45, 7) is 0. The predicted octanol–water partition coefficient (Wildman–Crippen LogP) is 1.70. The van der Waals surface area contributed by atoms with E-state index in [1.807, 2.05) is 23.2 Å². The highest BCUT2D eigenvalue weighted by Gasteiger charge is 2.00. The van der Waals surface area contributed by atoms with Gasteiger partial charge in [-0.15, -0.1) is 11.8 Å². The van der Waals surface area contributed by atoms with E-state index in [9.17, 15) is 0 Å². The van der Waals surface area contributed by atoms with E-state index < -0.39 is 0 Å². The van der Waals surface area contributed by atoms with Crippen molar-refractivity contribution in [2.24, 2.45) is 4.99 Å². The monoisotopic (exact) mass is 177 g/mol. The molecule has 0 amide bonds. The minimum atomic E-state index is 0.864. The summed E-state index contributed by atoms with van der Waals surface area (Å²) in [5.74, 6) is 3.68. The van der Waals surface area contributed by atoms with Crippen LogP contribution in [0.2, 0.25) is 0 Å². The van der Waals surface area contributed by atoms with Gasteiger partial charge in [-0.05, 0) is 12.1 Å². The molecule has 0 saturated carbocycles. The minimum absolute atomic E-state index is 0.864. The van der Waals surface area contributed by atoms with Gasteiger partial charge in [-0.3, -0.25) is 0 Å². The maximum absolute atomic E-state index is 4.12. The van der Waals surface area contributed by atoms with E-state index in [2.05, 4.69) is 15.8 Å². The molecule has 4 heteroatoms. The number of hydrogen-bond donors (Lipinski definition) is 0. The van der Waals surface area contributed by atoms with E-state index in [1.165, 1.54) is 0 Å². The summed E-state index contributed by atoms with van der Waals surface area (Å²) >= 11 is 1.59. The maximum Gasteiger partial charge on any atom is 0.146 e. The van der Waals surface area contributed by atoms with Crippen LogP contribution in [-0.2, 0) is 0 Å². The standard InChI is InChI=1S/C8H7N3S/c1-12-8-6-11-5-4-9-7(11)2-3-10-8/h2,4-6H,1H3.